The van der Waals surface area contributed by atoms with Gasteiger partial charge in [0.15, 0.2) is 5.11 Å². The molecule has 1 aliphatic rings. The molecule has 5 rings (SSSR count). The summed E-state index contributed by atoms with van der Waals surface area (Å²) >= 11 is 5.85. The first-order valence-corrected chi connectivity index (χ1v) is 12.1. The normalized spacial score (nSPS) is 17.7. The van der Waals surface area contributed by atoms with Gasteiger partial charge in [-0.3, -0.25) is 9.97 Å². The number of pyridine rings is 2. The zero-order valence-electron chi connectivity index (χ0n) is 19.8. The van der Waals surface area contributed by atoms with Crippen molar-refractivity contribution in [2.45, 2.75) is 45.8 Å². The van der Waals surface area contributed by atoms with E-state index in [1.807, 2.05) is 42.7 Å². The standard InChI is InChI=1S/C28H29N5S/c1-4-21-11-13-23(14-12-21)33-19(2)17-24(20(33)3)27-26(25-10-6-8-16-30-25)31-28(34)32(27)18-22-9-5-7-15-29-22/h5-17,26-27H,4,18H2,1-3H3,(H,31,34)/t26-,27-/m1/s1. The summed E-state index contributed by atoms with van der Waals surface area (Å²) in [5, 5.41) is 4.28. The fourth-order valence-corrected chi connectivity index (χ4v) is 5.25. The summed E-state index contributed by atoms with van der Waals surface area (Å²) in [5.41, 5.74) is 8.15. The highest BCUT2D eigenvalue weighted by Gasteiger charge is 2.41. The van der Waals surface area contributed by atoms with Crippen LogP contribution in [0.25, 0.3) is 5.69 Å². The lowest BCUT2D eigenvalue weighted by Gasteiger charge is -2.28. The van der Waals surface area contributed by atoms with E-state index in [1.54, 1.807) is 0 Å². The zero-order valence-corrected chi connectivity index (χ0v) is 20.6. The van der Waals surface area contributed by atoms with E-state index < -0.39 is 0 Å². The fourth-order valence-electron chi connectivity index (χ4n) is 4.95. The van der Waals surface area contributed by atoms with Crippen LogP contribution in [0.1, 0.15) is 52.9 Å². The number of aromatic nitrogens is 3. The van der Waals surface area contributed by atoms with E-state index in [2.05, 4.69) is 81.9 Å². The third-order valence-corrected chi connectivity index (χ3v) is 7.00. The molecular weight excluding hydrogens is 438 g/mol. The highest BCUT2D eigenvalue weighted by Crippen LogP contribution is 2.42. The van der Waals surface area contributed by atoms with Crippen LogP contribution in [0.4, 0.5) is 0 Å². The Morgan fingerprint density at radius 2 is 1.68 bits per heavy atom. The summed E-state index contributed by atoms with van der Waals surface area (Å²) in [5.74, 6) is 0. The van der Waals surface area contributed by atoms with Crippen molar-refractivity contribution >= 4 is 17.3 Å². The topological polar surface area (TPSA) is 46.0 Å². The van der Waals surface area contributed by atoms with Gasteiger partial charge in [0.1, 0.15) is 0 Å². The Balaban J connectivity index is 1.60. The molecule has 34 heavy (non-hydrogen) atoms. The third kappa shape index (κ3) is 4.10. The number of thiocarbonyl (C=S) groups is 1. The maximum atomic E-state index is 5.85. The SMILES string of the molecule is CCc1ccc(-n2c(C)cc([C@@H]3[C@@H](c4ccccn4)NC(=S)N3Cc3ccccn3)c2C)cc1. The van der Waals surface area contributed by atoms with Gasteiger partial charge in [0.25, 0.3) is 0 Å². The van der Waals surface area contributed by atoms with Crippen LogP contribution in [-0.4, -0.2) is 24.5 Å². The van der Waals surface area contributed by atoms with Crippen molar-refractivity contribution in [2.75, 3.05) is 0 Å². The van der Waals surface area contributed by atoms with Gasteiger partial charge < -0.3 is 14.8 Å². The lowest BCUT2D eigenvalue weighted by Crippen LogP contribution is -2.29. The minimum absolute atomic E-state index is 0.000675. The van der Waals surface area contributed by atoms with E-state index in [1.165, 1.54) is 28.2 Å². The first-order valence-electron chi connectivity index (χ1n) is 11.7. The predicted molar refractivity (Wildman–Crippen MR) is 140 cm³/mol. The molecule has 0 unspecified atom stereocenters. The highest BCUT2D eigenvalue weighted by molar-refractivity contribution is 7.80. The summed E-state index contributed by atoms with van der Waals surface area (Å²) in [7, 11) is 0. The van der Waals surface area contributed by atoms with Crippen LogP contribution in [0.3, 0.4) is 0 Å². The molecule has 1 aromatic carbocycles. The molecule has 6 heteroatoms. The molecular formula is C28H29N5S. The van der Waals surface area contributed by atoms with Gasteiger partial charge in [-0.05, 0) is 86.1 Å². The molecule has 5 nitrogen and oxygen atoms in total. The first-order chi connectivity index (χ1) is 16.6. The molecule has 0 radical (unpaired) electrons. The Bertz CT molecular complexity index is 1280. The third-order valence-electron chi connectivity index (χ3n) is 6.65. The first kappa shape index (κ1) is 22.3. The molecule has 2 atom stereocenters. The highest BCUT2D eigenvalue weighted by atomic mass is 32.1. The number of aryl methyl sites for hydroxylation is 2. The molecule has 4 aromatic rings. The van der Waals surface area contributed by atoms with Gasteiger partial charge in [0, 0.05) is 29.5 Å². The van der Waals surface area contributed by atoms with Crippen molar-refractivity contribution in [1.82, 2.24) is 24.8 Å². The number of benzene rings is 1. The Kier molecular flexibility index (Phi) is 6.16. The van der Waals surface area contributed by atoms with Gasteiger partial charge in [0.05, 0.1) is 30.0 Å². The number of nitrogens with one attached hydrogen (secondary N) is 1. The number of nitrogens with zero attached hydrogens (tertiary/aromatic N) is 4. The molecule has 1 fully saturated rings. The summed E-state index contributed by atoms with van der Waals surface area (Å²) in [4.78, 5) is 11.5. The largest absolute Gasteiger partial charge is 0.352 e. The molecule has 1 aliphatic heterocycles. The van der Waals surface area contributed by atoms with E-state index in [-0.39, 0.29) is 12.1 Å². The van der Waals surface area contributed by atoms with Crippen molar-refractivity contribution in [3.8, 4) is 5.69 Å². The summed E-state index contributed by atoms with van der Waals surface area (Å²) in [6.45, 7) is 7.19. The number of hydrogen-bond donors (Lipinski definition) is 1. The minimum Gasteiger partial charge on any atom is -0.352 e. The lowest BCUT2D eigenvalue weighted by atomic mass is 9.96. The molecule has 0 spiro atoms. The van der Waals surface area contributed by atoms with Gasteiger partial charge in [0.2, 0.25) is 0 Å². The van der Waals surface area contributed by atoms with Crippen LogP contribution in [0, 0.1) is 13.8 Å². The van der Waals surface area contributed by atoms with E-state index in [0.29, 0.717) is 6.54 Å². The average Bonchev–Trinajstić information content (AvgIpc) is 3.35. The molecule has 0 aliphatic carbocycles. The Labute approximate surface area is 206 Å². The molecule has 0 amide bonds. The van der Waals surface area contributed by atoms with E-state index >= 15 is 0 Å². The van der Waals surface area contributed by atoms with Crippen LogP contribution in [0.2, 0.25) is 0 Å². The van der Waals surface area contributed by atoms with E-state index in [9.17, 15) is 0 Å². The van der Waals surface area contributed by atoms with Crippen LogP contribution < -0.4 is 5.32 Å². The Hall–Kier alpha value is -3.51. The fraction of sp³-hybridized carbons (Fsp3) is 0.250. The van der Waals surface area contributed by atoms with E-state index in [4.69, 9.17) is 12.2 Å². The van der Waals surface area contributed by atoms with Gasteiger partial charge in [-0.2, -0.15) is 0 Å². The van der Waals surface area contributed by atoms with Crippen LogP contribution in [0.5, 0.6) is 0 Å². The zero-order chi connectivity index (χ0) is 23.7. The second-order valence-corrected chi connectivity index (χ2v) is 9.14. The molecule has 0 bridgehead atoms. The number of hydrogen-bond acceptors (Lipinski definition) is 3. The van der Waals surface area contributed by atoms with Crippen molar-refractivity contribution in [2.24, 2.45) is 0 Å². The summed E-state index contributed by atoms with van der Waals surface area (Å²) in [6, 6.07) is 23.2. The molecule has 1 N–H and O–H groups in total. The van der Waals surface area contributed by atoms with Gasteiger partial charge in [-0.25, -0.2) is 0 Å². The van der Waals surface area contributed by atoms with Crippen LogP contribution >= 0.6 is 12.2 Å². The Morgan fingerprint density at radius 1 is 0.941 bits per heavy atom. The van der Waals surface area contributed by atoms with Crippen molar-refractivity contribution in [3.63, 3.8) is 0 Å². The summed E-state index contributed by atoms with van der Waals surface area (Å²) < 4.78 is 2.34. The van der Waals surface area contributed by atoms with Crippen molar-refractivity contribution < 1.29 is 0 Å². The number of rotatable bonds is 6. The molecule has 172 valence electrons. The minimum atomic E-state index is -0.0474. The predicted octanol–water partition coefficient (Wildman–Crippen LogP) is 5.62. The lowest BCUT2D eigenvalue weighted by molar-refractivity contribution is 0.307. The van der Waals surface area contributed by atoms with Crippen molar-refractivity contribution in [3.05, 3.63) is 113 Å². The maximum Gasteiger partial charge on any atom is 0.170 e. The molecule has 0 saturated carbocycles. The second kappa shape index (κ2) is 9.39. The quantitative estimate of drug-likeness (QED) is 0.373. The smallest absolute Gasteiger partial charge is 0.170 e. The van der Waals surface area contributed by atoms with Gasteiger partial charge in [-0.1, -0.05) is 31.2 Å². The maximum absolute atomic E-state index is 5.85. The molecule has 4 heterocycles. The second-order valence-electron chi connectivity index (χ2n) is 8.76. The monoisotopic (exact) mass is 467 g/mol. The van der Waals surface area contributed by atoms with Crippen molar-refractivity contribution in [1.29, 1.82) is 0 Å². The Morgan fingerprint density at radius 3 is 2.32 bits per heavy atom. The van der Waals surface area contributed by atoms with Crippen LogP contribution in [0.15, 0.2) is 79.1 Å². The van der Waals surface area contributed by atoms with Gasteiger partial charge >= 0.3 is 0 Å². The summed E-state index contributed by atoms with van der Waals surface area (Å²) in [6.07, 6.45) is 4.71. The van der Waals surface area contributed by atoms with Gasteiger partial charge in [-0.15, -0.1) is 0 Å². The van der Waals surface area contributed by atoms with E-state index in [0.717, 1.165) is 22.9 Å². The molecule has 3 aromatic heterocycles. The average molecular weight is 468 g/mol. The van der Waals surface area contributed by atoms with Crippen LogP contribution in [-0.2, 0) is 13.0 Å². The molecule has 1 saturated heterocycles.